The molecule has 7 heteroatoms. The third kappa shape index (κ3) is 3.66. The number of aromatic nitrogens is 3. The number of hydrogen-bond donors (Lipinski definition) is 1. The number of fused-ring (bicyclic) bond motifs is 1. The predicted octanol–water partition coefficient (Wildman–Crippen LogP) is 1.62. The quantitative estimate of drug-likeness (QED) is 0.918. The van der Waals surface area contributed by atoms with Crippen LogP contribution in [-0.2, 0) is 19.4 Å². The van der Waals surface area contributed by atoms with E-state index in [1.165, 1.54) is 17.5 Å². The Morgan fingerprint density at radius 2 is 2.00 bits per heavy atom. The molecule has 25 heavy (non-hydrogen) atoms. The van der Waals surface area contributed by atoms with Gasteiger partial charge in [0, 0.05) is 38.4 Å². The normalized spacial score (nSPS) is 17.5. The number of benzene rings is 1. The third-order valence-corrected chi connectivity index (χ3v) is 5.16. The lowest BCUT2D eigenvalue weighted by Crippen LogP contribution is -2.50. The van der Waals surface area contributed by atoms with Crippen molar-refractivity contribution < 1.29 is 4.79 Å². The summed E-state index contributed by atoms with van der Waals surface area (Å²) in [6.07, 6.45) is 6.68. The minimum Gasteiger partial charge on any atom is -0.322 e. The molecule has 1 aliphatic heterocycles. The second-order valence-electron chi connectivity index (χ2n) is 6.71. The number of amides is 2. The van der Waals surface area contributed by atoms with Gasteiger partial charge in [0.2, 0.25) is 0 Å². The minimum absolute atomic E-state index is 0.0243. The molecular formula is C18H24N6O. The van der Waals surface area contributed by atoms with Crippen LogP contribution < -0.4 is 5.32 Å². The number of aryl methyl sites for hydroxylation is 1. The molecule has 2 aromatic rings. The van der Waals surface area contributed by atoms with Gasteiger partial charge in [0.05, 0.1) is 6.54 Å². The number of carbonyl (C=O) groups is 1. The monoisotopic (exact) mass is 340 g/mol. The van der Waals surface area contributed by atoms with Crippen LogP contribution in [0.25, 0.3) is 0 Å². The van der Waals surface area contributed by atoms with Gasteiger partial charge in [-0.2, -0.15) is 5.10 Å². The average molecular weight is 340 g/mol. The van der Waals surface area contributed by atoms with Gasteiger partial charge in [-0.05, 0) is 36.5 Å². The molecule has 0 radical (unpaired) electrons. The Morgan fingerprint density at radius 3 is 2.80 bits per heavy atom. The second kappa shape index (κ2) is 7.23. The SMILES string of the molecule is O=C(Nc1cccc2c1CCC2)N1CCN(CCn2cncn2)CC1. The van der Waals surface area contributed by atoms with Gasteiger partial charge >= 0.3 is 6.03 Å². The topological polar surface area (TPSA) is 66.3 Å². The van der Waals surface area contributed by atoms with Crippen LogP contribution in [0.15, 0.2) is 30.9 Å². The summed E-state index contributed by atoms with van der Waals surface area (Å²) in [6.45, 7) is 5.09. The smallest absolute Gasteiger partial charge is 0.321 e. The van der Waals surface area contributed by atoms with E-state index in [9.17, 15) is 4.79 Å². The fourth-order valence-electron chi connectivity index (χ4n) is 3.70. The maximum absolute atomic E-state index is 12.6. The van der Waals surface area contributed by atoms with Crippen LogP contribution in [0.4, 0.5) is 10.5 Å². The average Bonchev–Trinajstić information content (AvgIpc) is 3.32. The lowest BCUT2D eigenvalue weighted by atomic mass is 10.1. The van der Waals surface area contributed by atoms with Crippen LogP contribution in [0.5, 0.6) is 0 Å². The molecule has 1 saturated heterocycles. The molecule has 0 spiro atoms. The van der Waals surface area contributed by atoms with Crippen molar-refractivity contribution in [3.8, 4) is 0 Å². The van der Waals surface area contributed by atoms with Crippen LogP contribution in [0, 0.1) is 0 Å². The van der Waals surface area contributed by atoms with Gasteiger partial charge in [0.15, 0.2) is 0 Å². The van der Waals surface area contributed by atoms with E-state index in [4.69, 9.17) is 0 Å². The molecule has 7 nitrogen and oxygen atoms in total. The maximum Gasteiger partial charge on any atom is 0.321 e. The van der Waals surface area contributed by atoms with E-state index >= 15 is 0 Å². The molecule has 4 rings (SSSR count). The fraction of sp³-hybridized carbons (Fsp3) is 0.500. The molecular weight excluding hydrogens is 316 g/mol. The molecule has 1 aromatic carbocycles. The molecule has 1 aromatic heterocycles. The highest BCUT2D eigenvalue weighted by Gasteiger charge is 2.22. The van der Waals surface area contributed by atoms with Gasteiger partial charge in [-0.25, -0.2) is 9.78 Å². The van der Waals surface area contributed by atoms with Gasteiger partial charge in [-0.1, -0.05) is 12.1 Å². The zero-order chi connectivity index (χ0) is 17.1. The van der Waals surface area contributed by atoms with Crippen molar-refractivity contribution in [3.05, 3.63) is 42.0 Å². The molecule has 2 heterocycles. The minimum atomic E-state index is 0.0243. The van der Waals surface area contributed by atoms with E-state index < -0.39 is 0 Å². The van der Waals surface area contributed by atoms with Crippen LogP contribution in [0.3, 0.4) is 0 Å². The van der Waals surface area contributed by atoms with Crippen molar-refractivity contribution >= 4 is 11.7 Å². The predicted molar refractivity (Wildman–Crippen MR) is 95.5 cm³/mol. The van der Waals surface area contributed by atoms with Crippen LogP contribution in [0.2, 0.25) is 0 Å². The Kier molecular flexibility index (Phi) is 4.65. The Morgan fingerprint density at radius 1 is 1.12 bits per heavy atom. The standard InChI is InChI=1S/C18H24N6O/c25-18(21-17-6-2-4-15-3-1-5-16(15)17)23-10-7-22(8-11-23)9-12-24-14-19-13-20-24/h2,4,6,13-14H,1,3,5,7-12H2,(H,21,25). The molecule has 2 amide bonds. The molecule has 1 fully saturated rings. The van der Waals surface area contributed by atoms with Crippen LogP contribution in [-0.4, -0.2) is 63.3 Å². The highest BCUT2D eigenvalue weighted by Crippen LogP contribution is 2.28. The van der Waals surface area contributed by atoms with E-state index in [2.05, 4.69) is 26.4 Å². The van der Waals surface area contributed by atoms with Crippen molar-refractivity contribution in [2.24, 2.45) is 0 Å². The first-order valence-corrected chi connectivity index (χ1v) is 9.01. The highest BCUT2D eigenvalue weighted by atomic mass is 16.2. The highest BCUT2D eigenvalue weighted by molar-refractivity contribution is 5.90. The van der Waals surface area contributed by atoms with Crippen LogP contribution in [0.1, 0.15) is 17.5 Å². The third-order valence-electron chi connectivity index (χ3n) is 5.16. The Balaban J connectivity index is 1.28. The molecule has 0 unspecified atom stereocenters. The number of carbonyl (C=O) groups excluding carboxylic acids is 1. The molecule has 132 valence electrons. The maximum atomic E-state index is 12.6. The van der Waals surface area contributed by atoms with Gasteiger partial charge in [0.1, 0.15) is 12.7 Å². The summed E-state index contributed by atoms with van der Waals surface area (Å²) < 4.78 is 1.84. The molecule has 1 aliphatic carbocycles. The molecule has 0 atom stereocenters. The van der Waals surface area contributed by atoms with Gasteiger partial charge in [-0.3, -0.25) is 9.58 Å². The second-order valence-corrected chi connectivity index (χ2v) is 6.71. The molecule has 1 N–H and O–H groups in total. The zero-order valence-corrected chi connectivity index (χ0v) is 14.4. The van der Waals surface area contributed by atoms with Gasteiger partial charge in [-0.15, -0.1) is 0 Å². The van der Waals surface area contributed by atoms with Crippen molar-refractivity contribution in [2.75, 3.05) is 38.0 Å². The van der Waals surface area contributed by atoms with E-state index in [1.54, 1.807) is 12.7 Å². The molecule has 0 bridgehead atoms. The number of piperazine rings is 1. The van der Waals surface area contributed by atoms with Crippen LogP contribution >= 0.6 is 0 Å². The summed E-state index contributed by atoms with van der Waals surface area (Å²) in [5.74, 6) is 0. The number of anilines is 1. The number of nitrogens with zero attached hydrogens (tertiary/aromatic N) is 5. The lowest BCUT2D eigenvalue weighted by molar-refractivity contribution is 0.143. The van der Waals surface area contributed by atoms with Gasteiger partial charge < -0.3 is 10.2 Å². The number of nitrogens with one attached hydrogen (secondary N) is 1. The summed E-state index contributed by atoms with van der Waals surface area (Å²) in [5.41, 5.74) is 3.70. The van der Waals surface area contributed by atoms with Crippen molar-refractivity contribution in [3.63, 3.8) is 0 Å². The summed E-state index contributed by atoms with van der Waals surface area (Å²) in [5, 5.41) is 7.25. The summed E-state index contributed by atoms with van der Waals surface area (Å²) in [4.78, 5) is 20.8. The summed E-state index contributed by atoms with van der Waals surface area (Å²) in [7, 11) is 0. The summed E-state index contributed by atoms with van der Waals surface area (Å²) >= 11 is 0. The van der Waals surface area contributed by atoms with Gasteiger partial charge in [0.25, 0.3) is 0 Å². The van der Waals surface area contributed by atoms with Crippen molar-refractivity contribution in [2.45, 2.75) is 25.8 Å². The first-order chi connectivity index (χ1) is 12.3. The molecule has 0 saturated carbocycles. The summed E-state index contributed by atoms with van der Waals surface area (Å²) in [6, 6.07) is 6.26. The van der Waals surface area contributed by atoms with E-state index in [-0.39, 0.29) is 6.03 Å². The Labute approximate surface area is 147 Å². The van der Waals surface area contributed by atoms with E-state index in [1.807, 2.05) is 21.7 Å². The largest absolute Gasteiger partial charge is 0.322 e. The van der Waals surface area contributed by atoms with Crippen molar-refractivity contribution in [1.29, 1.82) is 0 Å². The van der Waals surface area contributed by atoms with E-state index in [0.717, 1.165) is 57.8 Å². The first-order valence-electron chi connectivity index (χ1n) is 9.01. The van der Waals surface area contributed by atoms with E-state index in [0.29, 0.717) is 0 Å². The first kappa shape index (κ1) is 16.1. The Hall–Kier alpha value is -2.41. The zero-order valence-electron chi connectivity index (χ0n) is 14.4. The number of hydrogen-bond acceptors (Lipinski definition) is 4. The van der Waals surface area contributed by atoms with Crippen molar-refractivity contribution in [1.82, 2.24) is 24.6 Å². The number of urea groups is 1. The fourth-order valence-corrected chi connectivity index (χ4v) is 3.70. The molecule has 2 aliphatic rings. The number of rotatable bonds is 4. The lowest BCUT2D eigenvalue weighted by Gasteiger charge is -2.34. The Bertz CT molecular complexity index is 721.